The van der Waals surface area contributed by atoms with Crippen LogP contribution < -0.4 is 4.57 Å². The van der Waals surface area contributed by atoms with Gasteiger partial charge in [0.05, 0.1) is 15.9 Å². The predicted octanol–water partition coefficient (Wildman–Crippen LogP) is 3.43. The van der Waals surface area contributed by atoms with Gasteiger partial charge in [-0.25, -0.2) is 4.57 Å². The van der Waals surface area contributed by atoms with E-state index in [1.165, 1.54) is 17.7 Å². The molecule has 0 radical (unpaired) electrons. The Morgan fingerprint density at radius 2 is 1.50 bits per heavy atom. The van der Waals surface area contributed by atoms with E-state index in [0.29, 0.717) is 12.0 Å². The Labute approximate surface area is 149 Å². The Hall–Kier alpha value is -3.61. The Bertz CT molecular complexity index is 941. The number of aromatic nitrogens is 1. The van der Waals surface area contributed by atoms with Crippen molar-refractivity contribution in [2.75, 3.05) is 0 Å². The molecule has 0 amide bonds. The van der Waals surface area contributed by atoms with Crippen molar-refractivity contribution >= 4 is 11.4 Å². The second kappa shape index (κ2) is 7.52. The van der Waals surface area contributed by atoms with Crippen LogP contribution in [-0.4, -0.2) is 9.85 Å². The molecule has 0 saturated heterocycles. The van der Waals surface area contributed by atoms with E-state index >= 15 is 0 Å². The van der Waals surface area contributed by atoms with E-state index in [-0.39, 0.29) is 11.4 Å². The van der Waals surface area contributed by atoms with Crippen LogP contribution in [0.3, 0.4) is 0 Å². The van der Waals surface area contributed by atoms with Crippen molar-refractivity contribution in [2.24, 2.45) is 0 Å². The number of hydrogen-bond donors (Lipinski definition) is 0. The molecule has 7 nitrogen and oxygen atoms in total. The van der Waals surface area contributed by atoms with Gasteiger partial charge >= 0.3 is 0 Å². The van der Waals surface area contributed by atoms with Crippen LogP contribution >= 0.6 is 0 Å². The standard InChI is InChI=1S/C19H16N3O4/c23-21(24)18-7-6-17(19(13-18)22(25)26)12-15-8-10-20(11-9-15)14-16-4-2-1-3-5-16/h1-11,13H,12,14H2/q+1. The number of non-ortho nitro benzene ring substituents is 1. The number of rotatable bonds is 6. The Balaban J connectivity index is 1.79. The fraction of sp³-hybridized carbons (Fsp3) is 0.105. The summed E-state index contributed by atoms with van der Waals surface area (Å²) in [5.41, 5.74) is 2.00. The number of nitrogens with zero attached hydrogens (tertiary/aromatic N) is 3. The van der Waals surface area contributed by atoms with Crippen LogP contribution in [0.25, 0.3) is 0 Å². The first-order valence-corrected chi connectivity index (χ1v) is 7.96. The van der Waals surface area contributed by atoms with Crippen molar-refractivity contribution in [1.29, 1.82) is 0 Å². The average Bonchev–Trinajstić information content (AvgIpc) is 2.64. The summed E-state index contributed by atoms with van der Waals surface area (Å²) in [4.78, 5) is 20.8. The highest BCUT2D eigenvalue weighted by atomic mass is 16.6. The van der Waals surface area contributed by atoms with E-state index < -0.39 is 9.85 Å². The lowest BCUT2D eigenvalue weighted by Crippen LogP contribution is -2.33. The summed E-state index contributed by atoms with van der Waals surface area (Å²) < 4.78 is 2.02. The number of benzene rings is 2. The third-order valence-electron chi connectivity index (χ3n) is 4.04. The lowest BCUT2D eigenvalue weighted by atomic mass is 10.0. The van der Waals surface area contributed by atoms with Gasteiger partial charge in [-0.2, -0.15) is 0 Å². The maximum absolute atomic E-state index is 11.2. The molecule has 0 spiro atoms. The Morgan fingerprint density at radius 3 is 2.12 bits per heavy atom. The van der Waals surface area contributed by atoms with Crippen LogP contribution in [0.4, 0.5) is 11.4 Å². The molecule has 0 aliphatic rings. The van der Waals surface area contributed by atoms with Gasteiger partial charge in [0.25, 0.3) is 11.4 Å². The molecule has 0 fully saturated rings. The first-order chi connectivity index (χ1) is 12.5. The van der Waals surface area contributed by atoms with Crippen molar-refractivity contribution < 1.29 is 14.4 Å². The van der Waals surface area contributed by atoms with Crippen molar-refractivity contribution in [3.8, 4) is 0 Å². The number of nitro benzene ring substituents is 2. The lowest BCUT2D eigenvalue weighted by Gasteiger charge is -2.04. The number of hydrogen-bond acceptors (Lipinski definition) is 4. The van der Waals surface area contributed by atoms with Crippen molar-refractivity contribution in [3.63, 3.8) is 0 Å². The minimum Gasteiger partial charge on any atom is -0.258 e. The van der Waals surface area contributed by atoms with Crippen LogP contribution in [0.1, 0.15) is 16.7 Å². The van der Waals surface area contributed by atoms with Gasteiger partial charge in [0, 0.05) is 35.7 Å². The van der Waals surface area contributed by atoms with Gasteiger partial charge < -0.3 is 0 Å². The molecule has 0 bridgehead atoms. The maximum Gasteiger partial charge on any atom is 0.279 e. The Kier molecular flexibility index (Phi) is 4.98. The van der Waals surface area contributed by atoms with E-state index in [2.05, 4.69) is 0 Å². The van der Waals surface area contributed by atoms with Crippen molar-refractivity contribution in [2.45, 2.75) is 13.0 Å². The van der Waals surface area contributed by atoms with Gasteiger partial charge in [0.2, 0.25) is 0 Å². The van der Waals surface area contributed by atoms with E-state index in [1.807, 2.05) is 59.4 Å². The smallest absolute Gasteiger partial charge is 0.258 e. The molecule has 3 rings (SSSR count). The molecular weight excluding hydrogens is 334 g/mol. The molecule has 0 saturated carbocycles. The van der Waals surface area contributed by atoms with Gasteiger partial charge in [0.1, 0.15) is 0 Å². The van der Waals surface area contributed by atoms with Crippen LogP contribution in [0.2, 0.25) is 0 Å². The molecule has 1 heterocycles. The van der Waals surface area contributed by atoms with Gasteiger partial charge in [-0.3, -0.25) is 20.2 Å². The molecule has 3 aromatic rings. The van der Waals surface area contributed by atoms with Gasteiger partial charge in [0.15, 0.2) is 18.9 Å². The summed E-state index contributed by atoms with van der Waals surface area (Å²) in [5, 5.41) is 22.0. The van der Waals surface area contributed by atoms with Gasteiger partial charge in [-0.05, 0) is 11.6 Å². The third kappa shape index (κ3) is 4.07. The summed E-state index contributed by atoms with van der Waals surface area (Å²) in [6.45, 7) is 0.735. The van der Waals surface area contributed by atoms with Crippen LogP contribution in [0, 0.1) is 20.2 Å². The number of nitro groups is 2. The molecule has 7 heteroatoms. The van der Waals surface area contributed by atoms with E-state index in [0.717, 1.165) is 18.2 Å². The fourth-order valence-corrected chi connectivity index (χ4v) is 2.71. The zero-order valence-corrected chi connectivity index (χ0v) is 13.8. The van der Waals surface area contributed by atoms with E-state index in [1.54, 1.807) is 0 Å². The van der Waals surface area contributed by atoms with Gasteiger partial charge in [-0.1, -0.05) is 30.3 Å². The predicted molar refractivity (Wildman–Crippen MR) is 94.7 cm³/mol. The third-order valence-corrected chi connectivity index (χ3v) is 4.04. The topological polar surface area (TPSA) is 90.2 Å². The van der Waals surface area contributed by atoms with Crippen LogP contribution in [0.5, 0.6) is 0 Å². The van der Waals surface area contributed by atoms with Crippen LogP contribution in [-0.2, 0) is 13.0 Å². The minimum atomic E-state index is -0.633. The molecular formula is C19H16N3O4+. The van der Waals surface area contributed by atoms with E-state index in [9.17, 15) is 20.2 Å². The first kappa shape index (κ1) is 17.2. The van der Waals surface area contributed by atoms with E-state index in [4.69, 9.17) is 0 Å². The average molecular weight is 350 g/mol. The fourth-order valence-electron chi connectivity index (χ4n) is 2.71. The lowest BCUT2D eigenvalue weighted by molar-refractivity contribution is -0.688. The molecule has 0 aliphatic carbocycles. The maximum atomic E-state index is 11.2. The highest BCUT2D eigenvalue weighted by Gasteiger charge is 2.19. The zero-order chi connectivity index (χ0) is 18.5. The van der Waals surface area contributed by atoms with Crippen molar-refractivity contribution in [3.05, 3.63) is 110 Å². The molecule has 0 aliphatic heterocycles. The molecule has 0 atom stereocenters. The summed E-state index contributed by atoms with van der Waals surface area (Å²) in [6.07, 6.45) is 4.17. The minimum absolute atomic E-state index is 0.236. The van der Waals surface area contributed by atoms with Crippen molar-refractivity contribution in [1.82, 2.24) is 0 Å². The molecule has 130 valence electrons. The van der Waals surface area contributed by atoms with Crippen LogP contribution in [0.15, 0.2) is 73.1 Å². The number of pyridine rings is 1. The molecule has 2 aromatic carbocycles. The summed E-state index contributed by atoms with van der Waals surface area (Å²) in [5.74, 6) is 0. The summed E-state index contributed by atoms with van der Waals surface area (Å²) in [7, 11) is 0. The molecule has 0 unspecified atom stereocenters. The largest absolute Gasteiger partial charge is 0.279 e. The highest BCUT2D eigenvalue weighted by Crippen LogP contribution is 2.26. The quantitative estimate of drug-likeness (QED) is 0.387. The SMILES string of the molecule is O=[N+]([O-])c1ccc(Cc2cc[n+](Cc3ccccc3)cc2)c([N+](=O)[O-])c1. The summed E-state index contributed by atoms with van der Waals surface area (Å²) in [6, 6.07) is 17.6. The molecule has 0 N–H and O–H groups in total. The Morgan fingerprint density at radius 1 is 0.808 bits per heavy atom. The highest BCUT2D eigenvalue weighted by molar-refractivity contribution is 5.50. The van der Waals surface area contributed by atoms with Gasteiger partial charge in [-0.15, -0.1) is 0 Å². The molecule has 1 aromatic heterocycles. The normalized spacial score (nSPS) is 10.5. The monoisotopic (exact) mass is 350 g/mol. The second-order valence-corrected chi connectivity index (χ2v) is 5.87. The second-order valence-electron chi connectivity index (χ2n) is 5.87. The molecule has 26 heavy (non-hydrogen) atoms. The summed E-state index contributed by atoms with van der Waals surface area (Å²) >= 11 is 0. The zero-order valence-electron chi connectivity index (χ0n) is 13.8. The first-order valence-electron chi connectivity index (χ1n) is 7.96.